The number of Topliss-reactive ketones (excluding diaryl/α,β-unsaturated/α-hetero) is 2. The molecule has 1 unspecified atom stereocenters. The van der Waals surface area contributed by atoms with Crippen LogP contribution in [0.4, 0.5) is 5.69 Å². The molecule has 1 aliphatic rings. The molecule has 6 nitrogen and oxygen atoms in total. The second kappa shape index (κ2) is 7.17. The van der Waals surface area contributed by atoms with Crippen LogP contribution in [0, 0.1) is 0 Å². The van der Waals surface area contributed by atoms with Gasteiger partial charge in [-0.25, -0.2) is 4.79 Å². The van der Waals surface area contributed by atoms with Crippen molar-refractivity contribution in [3.8, 4) is 5.75 Å². The third-order valence-electron chi connectivity index (χ3n) is 3.78. The lowest BCUT2D eigenvalue weighted by Crippen LogP contribution is -2.20. The highest BCUT2D eigenvalue weighted by Crippen LogP contribution is 2.37. The van der Waals surface area contributed by atoms with Gasteiger partial charge in [-0.1, -0.05) is 36.4 Å². The molecule has 0 saturated carbocycles. The molecule has 1 heterocycles. The third kappa shape index (κ3) is 3.68. The number of para-hydroxylation sites is 2. The number of ketones is 2. The number of nitrogens with one attached hydrogen (secondary N) is 1. The number of carbonyl (C=O) groups is 3. The summed E-state index contributed by atoms with van der Waals surface area (Å²) in [6, 6.07) is 14.4. The SMILES string of the molecule is CCOC(=O)C(=O)CC(=O)c1ccc(C2Nc3ccccc3O2)cc1. The van der Waals surface area contributed by atoms with Gasteiger partial charge in [0, 0.05) is 11.1 Å². The Morgan fingerprint density at radius 3 is 2.48 bits per heavy atom. The highest BCUT2D eigenvalue weighted by molar-refractivity contribution is 6.38. The fourth-order valence-electron chi connectivity index (χ4n) is 2.51. The van der Waals surface area contributed by atoms with Crippen LogP contribution in [0.15, 0.2) is 48.5 Å². The van der Waals surface area contributed by atoms with Gasteiger partial charge in [0.05, 0.1) is 18.7 Å². The van der Waals surface area contributed by atoms with Gasteiger partial charge in [-0.15, -0.1) is 0 Å². The summed E-state index contributed by atoms with van der Waals surface area (Å²) in [6.07, 6.45) is -0.829. The number of benzene rings is 2. The van der Waals surface area contributed by atoms with Crippen LogP contribution in [-0.4, -0.2) is 24.1 Å². The Hall–Kier alpha value is -3.15. The smallest absolute Gasteiger partial charge is 0.375 e. The second-order valence-corrected chi connectivity index (χ2v) is 5.50. The van der Waals surface area contributed by atoms with Gasteiger partial charge in [0.15, 0.2) is 12.0 Å². The Bertz CT molecular complexity index is 788. The van der Waals surface area contributed by atoms with Gasteiger partial charge in [0.25, 0.3) is 0 Å². The van der Waals surface area contributed by atoms with Crippen molar-refractivity contribution in [3.63, 3.8) is 0 Å². The Balaban J connectivity index is 1.64. The minimum atomic E-state index is -0.978. The summed E-state index contributed by atoms with van der Waals surface area (Å²) in [5, 5.41) is 3.24. The zero-order chi connectivity index (χ0) is 17.8. The fourth-order valence-corrected chi connectivity index (χ4v) is 2.51. The largest absolute Gasteiger partial charge is 0.464 e. The lowest BCUT2D eigenvalue weighted by molar-refractivity contribution is -0.153. The van der Waals surface area contributed by atoms with E-state index < -0.39 is 24.0 Å². The predicted octanol–water partition coefficient (Wildman–Crippen LogP) is 2.89. The number of hydrogen-bond acceptors (Lipinski definition) is 6. The Morgan fingerprint density at radius 2 is 1.80 bits per heavy atom. The van der Waals surface area contributed by atoms with E-state index in [0.717, 1.165) is 17.0 Å². The molecule has 2 aromatic rings. The van der Waals surface area contributed by atoms with Crippen molar-refractivity contribution in [1.82, 2.24) is 0 Å². The highest BCUT2D eigenvalue weighted by Gasteiger charge is 2.24. The minimum absolute atomic E-state index is 0.101. The van der Waals surface area contributed by atoms with E-state index in [1.54, 1.807) is 31.2 Å². The first-order valence-electron chi connectivity index (χ1n) is 7.94. The maximum absolute atomic E-state index is 12.1. The quantitative estimate of drug-likeness (QED) is 0.377. The monoisotopic (exact) mass is 339 g/mol. The first-order chi connectivity index (χ1) is 12.1. The molecule has 6 heteroatoms. The van der Waals surface area contributed by atoms with E-state index in [1.165, 1.54) is 0 Å². The molecule has 1 atom stereocenters. The highest BCUT2D eigenvalue weighted by atomic mass is 16.5. The molecular weight excluding hydrogens is 322 g/mol. The molecule has 0 bridgehead atoms. The van der Waals surface area contributed by atoms with Crippen LogP contribution in [0.2, 0.25) is 0 Å². The zero-order valence-corrected chi connectivity index (χ0v) is 13.7. The summed E-state index contributed by atoms with van der Waals surface area (Å²) in [4.78, 5) is 35.0. The van der Waals surface area contributed by atoms with Crippen molar-refractivity contribution in [2.45, 2.75) is 19.6 Å². The van der Waals surface area contributed by atoms with Crippen LogP contribution in [-0.2, 0) is 14.3 Å². The zero-order valence-electron chi connectivity index (χ0n) is 13.7. The van der Waals surface area contributed by atoms with E-state index in [0.29, 0.717) is 5.56 Å². The summed E-state index contributed by atoms with van der Waals surface area (Å²) in [6.45, 7) is 1.70. The molecule has 0 radical (unpaired) electrons. The fraction of sp³-hybridized carbons (Fsp3) is 0.211. The molecule has 3 rings (SSSR count). The van der Waals surface area contributed by atoms with Gasteiger partial charge >= 0.3 is 5.97 Å². The van der Waals surface area contributed by atoms with Gasteiger partial charge in [-0.05, 0) is 19.1 Å². The number of hydrogen-bond donors (Lipinski definition) is 1. The van der Waals surface area contributed by atoms with E-state index in [9.17, 15) is 14.4 Å². The Labute approximate surface area is 144 Å². The predicted molar refractivity (Wildman–Crippen MR) is 90.5 cm³/mol. The van der Waals surface area contributed by atoms with E-state index in [1.807, 2.05) is 24.3 Å². The molecule has 0 spiro atoms. The Kier molecular flexibility index (Phi) is 4.79. The molecule has 0 saturated heterocycles. The topological polar surface area (TPSA) is 81.7 Å². The van der Waals surface area contributed by atoms with Crippen LogP contribution < -0.4 is 10.1 Å². The maximum Gasteiger partial charge on any atom is 0.375 e. The second-order valence-electron chi connectivity index (χ2n) is 5.50. The van der Waals surface area contributed by atoms with Gasteiger partial charge in [-0.3, -0.25) is 9.59 Å². The van der Waals surface area contributed by atoms with Crippen LogP contribution >= 0.6 is 0 Å². The van der Waals surface area contributed by atoms with Crippen molar-refractivity contribution < 1.29 is 23.9 Å². The summed E-state index contributed by atoms with van der Waals surface area (Å²) in [7, 11) is 0. The summed E-state index contributed by atoms with van der Waals surface area (Å²) >= 11 is 0. The van der Waals surface area contributed by atoms with Crippen molar-refractivity contribution in [2.24, 2.45) is 0 Å². The standard InChI is InChI=1S/C19H17NO5/c1-2-24-19(23)16(22)11-15(21)12-7-9-13(10-8-12)18-20-14-5-3-4-6-17(14)25-18/h3-10,18,20H,2,11H2,1H3. The molecular formula is C19H17NO5. The number of fused-ring (bicyclic) bond motifs is 1. The average molecular weight is 339 g/mol. The summed E-state index contributed by atoms with van der Waals surface area (Å²) < 4.78 is 10.4. The molecule has 0 aliphatic carbocycles. The molecule has 25 heavy (non-hydrogen) atoms. The van der Waals surface area contributed by atoms with Crippen molar-refractivity contribution in [1.29, 1.82) is 0 Å². The molecule has 0 amide bonds. The molecule has 128 valence electrons. The molecule has 1 aliphatic heterocycles. The first-order valence-corrected chi connectivity index (χ1v) is 7.94. The molecule has 0 aromatic heterocycles. The van der Waals surface area contributed by atoms with Gasteiger partial charge in [0.2, 0.25) is 5.78 Å². The number of anilines is 1. The lowest BCUT2D eigenvalue weighted by atomic mass is 10.0. The number of carbonyl (C=O) groups excluding carboxylic acids is 3. The molecule has 2 aromatic carbocycles. The number of rotatable bonds is 6. The third-order valence-corrected chi connectivity index (χ3v) is 3.78. The van der Waals surface area contributed by atoms with Crippen LogP contribution in [0.5, 0.6) is 5.75 Å². The van der Waals surface area contributed by atoms with E-state index >= 15 is 0 Å². The Morgan fingerprint density at radius 1 is 1.08 bits per heavy atom. The number of ether oxygens (including phenoxy) is 2. The van der Waals surface area contributed by atoms with Crippen LogP contribution in [0.3, 0.4) is 0 Å². The molecule has 0 fully saturated rings. The van der Waals surface area contributed by atoms with Crippen molar-refractivity contribution in [2.75, 3.05) is 11.9 Å². The average Bonchev–Trinajstić information content (AvgIpc) is 3.06. The van der Waals surface area contributed by atoms with Crippen LogP contribution in [0.1, 0.15) is 35.5 Å². The molecule has 1 N–H and O–H groups in total. The summed E-state index contributed by atoms with van der Waals surface area (Å²) in [5.74, 6) is -1.47. The van der Waals surface area contributed by atoms with Gasteiger partial charge in [-0.2, -0.15) is 0 Å². The van der Waals surface area contributed by atoms with E-state index in [2.05, 4.69) is 10.1 Å². The van der Waals surface area contributed by atoms with E-state index in [-0.39, 0.29) is 12.8 Å². The number of esters is 1. The van der Waals surface area contributed by atoms with Crippen LogP contribution in [0.25, 0.3) is 0 Å². The normalized spacial score (nSPS) is 14.8. The summed E-state index contributed by atoms with van der Waals surface area (Å²) in [5.41, 5.74) is 2.12. The maximum atomic E-state index is 12.1. The van der Waals surface area contributed by atoms with Crippen molar-refractivity contribution in [3.05, 3.63) is 59.7 Å². The van der Waals surface area contributed by atoms with E-state index in [4.69, 9.17) is 4.74 Å². The van der Waals surface area contributed by atoms with Gasteiger partial charge in [0.1, 0.15) is 5.75 Å². The van der Waals surface area contributed by atoms with Crippen molar-refractivity contribution >= 4 is 23.2 Å². The van der Waals surface area contributed by atoms with Gasteiger partial charge < -0.3 is 14.8 Å². The minimum Gasteiger partial charge on any atom is -0.464 e. The first kappa shape index (κ1) is 16.7. The lowest BCUT2D eigenvalue weighted by Gasteiger charge is -2.12.